The molecule has 2 N–H and O–H groups in total. The van der Waals surface area contributed by atoms with Crippen LogP contribution in [0.1, 0.15) is 5.82 Å². The Kier molecular flexibility index (Phi) is 2.87. The van der Waals surface area contributed by atoms with E-state index in [2.05, 4.69) is 15.3 Å². The minimum atomic E-state index is -0.357. The van der Waals surface area contributed by atoms with Crippen LogP contribution in [0, 0.1) is 5.82 Å². The molecule has 3 nitrogen and oxygen atoms in total. The number of aromatic amines is 1. The van der Waals surface area contributed by atoms with Crippen molar-refractivity contribution in [3.8, 4) is 0 Å². The number of imidazole rings is 1. The molecule has 0 saturated heterocycles. The van der Waals surface area contributed by atoms with Crippen LogP contribution in [0.25, 0.3) is 0 Å². The molecule has 0 aliphatic carbocycles. The van der Waals surface area contributed by atoms with E-state index in [4.69, 9.17) is 11.6 Å². The zero-order chi connectivity index (χ0) is 10.7. The molecule has 0 bridgehead atoms. The normalized spacial score (nSPS) is 10.3. The maximum absolute atomic E-state index is 12.9. The molecule has 1 aromatic carbocycles. The van der Waals surface area contributed by atoms with Crippen molar-refractivity contribution >= 4 is 17.3 Å². The Hall–Kier alpha value is -1.55. The standard InChI is InChI=1S/C10H9ClFN3/c11-7-3-8(12)5-9(4-7)15-6-10-13-1-2-14-10/h1-5,15H,6H2,(H,13,14). The summed E-state index contributed by atoms with van der Waals surface area (Å²) in [5.74, 6) is 0.430. The molecular weight excluding hydrogens is 217 g/mol. The average Bonchev–Trinajstić information content (AvgIpc) is 2.65. The van der Waals surface area contributed by atoms with Gasteiger partial charge in [0, 0.05) is 23.1 Å². The SMILES string of the molecule is Fc1cc(Cl)cc(NCc2ncc[nH]2)c1. The van der Waals surface area contributed by atoms with Crippen molar-refractivity contribution < 1.29 is 4.39 Å². The van der Waals surface area contributed by atoms with Crippen molar-refractivity contribution in [2.24, 2.45) is 0 Å². The Morgan fingerprint density at radius 2 is 2.27 bits per heavy atom. The fourth-order valence-electron chi connectivity index (χ4n) is 1.24. The Labute approximate surface area is 91.3 Å². The third-order valence-corrected chi connectivity index (χ3v) is 2.10. The molecule has 2 aromatic rings. The molecule has 0 aliphatic heterocycles. The summed E-state index contributed by atoms with van der Waals surface area (Å²) in [6.07, 6.45) is 3.39. The Balaban J connectivity index is 2.05. The number of nitrogens with one attached hydrogen (secondary N) is 2. The van der Waals surface area contributed by atoms with E-state index in [1.807, 2.05) is 0 Å². The lowest BCUT2D eigenvalue weighted by atomic mass is 10.3. The number of H-pyrrole nitrogens is 1. The molecular formula is C10H9ClFN3. The number of halogens is 2. The summed E-state index contributed by atoms with van der Waals surface area (Å²) in [6, 6.07) is 4.31. The lowest BCUT2D eigenvalue weighted by molar-refractivity contribution is 0.628. The largest absolute Gasteiger partial charge is 0.378 e. The molecule has 0 atom stereocenters. The topological polar surface area (TPSA) is 40.7 Å². The van der Waals surface area contributed by atoms with Gasteiger partial charge < -0.3 is 10.3 Å². The lowest BCUT2D eigenvalue weighted by Crippen LogP contribution is -2.01. The van der Waals surface area contributed by atoms with Gasteiger partial charge in [0.05, 0.1) is 6.54 Å². The number of hydrogen-bond acceptors (Lipinski definition) is 2. The van der Waals surface area contributed by atoms with E-state index in [1.165, 1.54) is 12.1 Å². The minimum Gasteiger partial charge on any atom is -0.378 e. The van der Waals surface area contributed by atoms with Gasteiger partial charge in [0.15, 0.2) is 0 Å². The van der Waals surface area contributed by atoms with Crippen LogP contribution in [0.2, 0.25) is 5.02 Å². The average molecular weight is 226 g/mol. The van der Waals surface area contributed by atoms with Crippen molar-refractivity contribution in [1.29, 1.82) is 0 Å². The van der Waals surface area contributed by atoms with E-state index in [1.54, 1.807) is 18.5 Å². The first-order chi connectivity index (χ1) is 7.24. The summed E-state index contributed by atoms with van der Waals surface area (Å²) in [6.45, 7) is 0.507. The summed E-state index contributed by atoms with van der Waals surface area (Å²) < 4.78 is 12.9. The molecule has 0 aliphatic rings. The van der Waals surface area contributed by atoms with Gasteiger partial charge >= 0.3 is 0 Å². The minimum absolute atomic E-state index is 0.357. The maximum atomic E-state index is 12.9. The van der Waals surface area contributed by atoms with Gasteiger partial charge in [-0.05, 0) is 18.2 Å². The molecule has 0 unspecified atom stereocenters. The molecule has 0 spiro atoms. The molecule has 1 heterocycles. The van der Waals surface area contributed by atoms with Crippen LogP contribution < -0.4 is 5.32 Å². The first kappa shape index (κ1) is 9.98. The van der Waals surface area contributed by atoms with Crippen LogP contribution in [0.15, 0.2) is 30.6 Å². The van der Waals surface area contributed by atoms with Crippen molar-refractivity contribution in [2.75, 3.05) is 5.32 Å². The van der Waals surface area contributed by atoms with Crippen LogP contribution in [0.3, 0.4) is 0 Å². The van der Waals surface area contributed by atoms with Crippen LogP contribution in [-0.4, -0.2) is 9.97 Å². The second-order valence-electron chi connectivity index (χ2n) is 3.05. The van der Waals surface area contributed by atoms with Crippen molar-refractivity contribution in [3.05, 3.63) is 47.3 Å². The van der Waals surface area contributed by atoms with E-state index in [0.29, 0.717) is 17.3 Å². The zero-order valence-corrected chi connectivity index (χ0v) is 8.55. The first-order valence-electron chi connectivity index (χ1n) is 4.42. The molecule has 2 rings (SSSR count). The summed E-state index contributed by atoms with van der Waals surface area (Å²) >= 11 is 5.71. The molecule has 0 amide bonds. The van der Waals surface area contributed by atoms with E-state index in [0.717, 1.165) is 5.82 Å². The second kappa shape index (κ2) is 4.31. The highest BCUT2D eigenvalue weighted by Crippen LogP contribution is 2.18. The third kappa shape index (κ3) is 2.70. The third-order valence-electron chi connectivity index (χ3n) is 1.88. The molecule has 0 radical (unpaired) electrons. The van der Waals surface area contributed by atoms with Gasteiger partial charge in [-0.1, -0.05) is 11.6 Å². The van der Waals surface area contributed by atoms with Gasteiger partial charge in [0.25, 0.3) is 0 Å². The molecule has 5 heteroatoms. The van der Waals surface area contributed by atoms with E-state index >= 15 is 0 Å². The fourth-order valence-corrected chi connectivity index (χ4v) is 1.46. The number of aromatic nitrogens is 2. The first-order valence-corrected chi connectivity index (χ1v) is 4.80. The van der Waals surface area contributed by atoms with Gasteiger partial charge in [-0.2, -0.15) is 0 Å². The smallest absolute Gasteiger partial charge is 0.126 e. The molecule has 1 aromatic heterocycles. The van der Waals surface area contributed by atoms with Crippen LogP contribution in [-0.2, 0) is 6.54 Å². The number of nitrogens with zero attached hydrogens (tertiary/aromatic N) is 1. The van der Waals surface area contributed by atoms with Gasteiger partial charge in [0.1, 0.15) is 11.6 Å². The molecule has 0 fully saturated rings. The highest BCUT2D eigenvalue weighted by molar-refractivity contribution is 6.30. The summed E-state index contributed by atoms with van der Waals surface area (Å²) in [7, 11) is 0. The predicted octanol–water partition coefficient (Wildman–Crippen LogP) is 2.81. The van der Waals surface area contributed by atoms with Gasteiger partial charge in [0.2, 0.25) is 0 Å². The van der Waals surface area contributed by atoms with Crippen LogP contribution in [0.4, 0.5) is 10.1 Å². The van der Waals surface area contributed by atoms with Crippen LogP contribution in [0.5, 0.6) is 0 Å². The predicted molar refractivity (Wildman–Crippen MR) is 57.3 cm³/mol. The number of hydrogen-bond donors (Lipinski definition) is 2. The summed E-state index contributed by atoms with van der Waals surface area (Å²) in [5.41, 5.74) is 0.636. The maximum Gasteiger partial charge on any atom is 0.126 e. The molecule has 15 heavy (non-hydrogen) atoms. The van der Waals surface area contributed by atoms with Crippen LogP contribution >= 0.6 is 11.6 Å². The van der Waals surface area contributed by atoms with Crippen molar-refractivity contribution in [2.45, 2.75) is 6.54 Å². The van der Waals surface area contributed by atoms with E-state index < -0.39 is 0 Å². The summed E-state index contributed by atoms with van der Waals surface area (Å²) in [4.78, 5) is 6.97. The highest BCUT2D eigenvalue weighted by Gasteiger charge is 1.99. The molecule has 78 valence electrons. The zero-order valence-electron chi connectivity index (χ0n) is 7.80. The number of anilines is 1. The number of rotatable bonds is 3. The fraction of sp³-hybridized carbons (Fsp3) is 0.100. The lowest BCUT2D eigenvalue weighted by Gasteiger charge is -2.04. The Bertz CT molecular complexity index is 422. The van der Waals surface area contributed by atoms with Crippen molar-refractivity contribution in [3.63, 3.8) is 0 Å². The van der Waals surface area contributed by atoms with E-state index in [-0.39, 0.29) is 5.82 Å². The van der Waals surface area contributed by atoms with Gasteiger partial charge in [-0.15, -0.1) is 0 Å². The monoisotopic (exact) mass is 225 g/mol. The molecule has 0 saturated carbocycles. The van der Waals surface area contributed by atoms with E-state index in [9.17, 15) is 4.39 Å². The quantitative estimate of drug-likeness (QED) is 0.843. The Morgan fingerprint density at radius 3 is 2.93 bits per heavy atom. The summed E-state index contributed by atoms with van der Waals surface area (Å²) in [5, 5.41) is 3.38. The van der Waals surface area contributed by atoms with Gasteiger partial charge in [-0.25, -0.2) is 9.37 Å². The Morgan fingerprint density at radius 1 is 1.40 bits per heavy atom. The second-order valence-corrected chi connectivity index (χ2v) is 3.48. The van der Waals surface area contributed by atoms with Crippen molar-refractivity contribution in [1.82, 2.24) is 9.97 Å². The highest BCUT2D eigenvalue weighted by atomic mass is 35.5. The number of benzene rings is 1. The van der Waals surface area contributed by atoms with Gasteiger partial charge in [-0.3, -0.25) is 0 Å².